The molecule has 1 unspecified atom stereocenters. The summed E-state index contributed by atoms with van der Waals surface area (Å²) in [4.78, 5) is 20.0. The van der Waals surface area contributed by atoms with Crippen molar-refractivity contribution in [2.45, 2.75) is 12.6 Å². The molecule has 3 aromatic carbocycles. The molecule has 0 aliphatic carbocycles. The molecule has 5 heteroatoms. The summed E-state index contributed by atoms with van der Waals surface area (Å²) < 4.78 is 5.98. The van der Waals surface area contributed by atoms with Crippen molar-refractivity contribution in [2.75, 3.05) is 18.5 Å². The van der Waals surface area contributed by atoms with Crippen LogP contribution in [0.15, 0.2) is 103 Å². The molecule has 0 spiro atoms. The number of fused-ring (bicyclic) bond motifs is 1. The molecule has 0 saturated carbocycles. The Kier molecular flexibility index (Phi) is 6.13. The molecule has 1 N–H and O–H groups in total. The maximum atomic E-state index is 13.5. The zero-order valence-corrected chi connectivity index (χ0v) is 18.2. The van der Waals surface area contributed by atoms with Crippen molar-refractivity contribution in [1.29, 1.82) is 0 Å². The van der Waals surface area contributed by atoms with Crippen molar-refractivity contribution in [2.24, 2.45) is 0 Å². The zero-order chi connectivity index (χ0) is 22.5. The lowest BCUT2D eigenvalue weighted by atomic mass is 10.0. The third kappa shape index (κ3) is 4.78. The molecule has 0 saturated heterocycles. The van der Waals surface area contributed by atoms with E-state index < -0.39 is 6.04 Å². The molecule has 164 valence electrons. The quantitative estimate of drug-likeness (QED) is 0.461. The fraction of sp³-hybridized carbons (Fsp3) is 0.143. The highest BCUT2D eigenvalue weighted by Crippen LogP contribution is 2.33. The summed E-state index contributed by atoms with van der Waals surface area (Å²) in [5.41, 5.74) is 5.02. The van der Waals surface area contributed by atoms with Crippen LogP contribution in [-0.4, -0.2) is 28.9 Å². The molecule has 2 heterocycles. The van der Waals surface area contributed by atoms with Gasteiger partial charge in [-0.15, -0.1) is 0 Å². The molecule has 0 fully saturated rings. The summed E-state index contributed by atoms with van der Waals surface area (Å²) in [7, 11) is 0. The fourth-order valence-corrected chi connectivity index (χ4v) is 4.25. The predicted molar refractivity (Wildman–Crippen MR) is 130 cm³/mol. The van der Waals surface area contributed by atoms with E-state index in [9.17, 15) is 4.79 Å². The van der Waals surface area contributed by atoms with E-state index in [0.29, 0.717) is 25.4 Å². The van der Waals surface area contributed by atoms with Crippen LogP contribution in [-0.2, 0) is 11.3 Å². The second kappa shape index (κ2) is 9.67. The Morgan fingerprint density at radius 3 is 2.52 bits per heavy atom. The van der Waals surface area contributed by atoms with Gasteiger partial charge >= 0.3 is 0 Å². The molecule has 0 bridgehead atoms. The lowest BCUT2D eigenvalue weighted by Crippen LogP contribution is -2.37. The number of amides is 1. The first-order valence-electron chi connectivity index (χ1n) is 11.1. The average Bonchev–Trinajstić information content (AvgIpc) is 3.04. The van der Waals surface area contributed by atoms with E-state index in [1.54, 1.807) is 12.4 Å². The van der Waals surface area contributed by atoms with Gasteiger partial charge in [0.05, 0.1) is 0 Å². The average molecular weight is 436 g/mol. The SMILES string of the molecule is O=C(Nc1ccccc1)C1c2cnccc2OCCN1Cc1cccc(-c2ccccc2)c1. The Morgan fingerprint density at radius 2 is 1.70 bits per heavy atom. The van der Waals surface area contributed by atoms with Gasteiger partial charge < -0.3 is 10.1 Å². The predicted octanol–water partition coefficient (Wildman–Crippen LogP) is 5.32. The monoisotopic (exact) mass is 435 g/mol. The van der Waals surface area contributed by atoms with Crippen molar-refractivity contribution >= 4 is 11.6 Å². The Balaban J connectivity index is 1.47. The summed E-state index contributed by atoms with van der Waals surface area (Å²) in [6.07, 6.45) is 3.44. The molecule has 4 aromatic rings. The number of nitrogens with zero attached hydrogens (tertiary/aromatic N) is 2. The standard InChI is InChI=1S/C28H25N3O2/c32-28(30-24-12-5-2-6-13-24)27-25-19-29-15-14-26(25)33-17-16-31(27)20-21-8-7-11-23(18-21)22-9-3-1-4-10-22/h1-15,18-19,27H,16-17,20H2,(H,30,32). The lowest BCUT2D eigenvalue weighted by Gasteiger charge is -2.29. The molecule has 5 rings (SSSR count). The third-order valence-corrected chi connectivity index (χ3v) is 5.82. The number of anilines is 1. The molecule has 1 atom stereocenters. The van der Waals surface area contributed by atoms with Crippen LogP contribution in [0.1, 0.15) is 17.2 Å². The molecule has 1 aliphatic heterocycles. The largest absolute Gasteiger partial charge is 0.492 e. The highest BCUT2D eigenvalue weighted by atomic mass is 16.5. The number of ether oxygens (including phenoxy) is 1. The Morgan fingerprint density at radius 1 is 0.939 bits per heavy atom. The first-order chi connectivity index (χ1) is 16.3. The van der Waals surface area contributed by atoms with Gasteiger partial charge in [0.15, 0.2) is 0 Å². The number of rotatable bonds is 5. The normalized spacial score (nSPS) is 15.7. The highest BCUT2D eigenvalue weighted by molar-refractivity contribution is 5.96. The van der Waals surface area contributed by atoms with E-state index in [1.165, 1.54) is 5.56 Å². The zero-order valence-electron chi connectivity index (χ0n) is 18.2. The maximum absolute atomic E-state index is 13.5. The minimum absolute atomic E-state index is 0.0971. The van der Waals surface area contributed by atoms with Gasteiger partial charge in [-0.3, -0.25) is 14.7 Å². The van der Waals surface area contributed by atoms with Crippen LogP contribution in [0.3, 0.4) is 0 Å². The molecular weight excluding hydrogens is 410 g/mol. The number of carbonyl (C=O) groups excluding carboxylic acids is 1. The number of nitrogens with one attached hydrogen (secondary N) is 1. The summed E-state index contributed by atoms with van der Waals surface area (Å²) in [5, 5.41) is 3.07. The van der Waals surface area contributed by atoms with E-state index in [-0.39, 0.29) is 5.91 Å². The molecular formula is C28H25N3O2. The van der Waals surface area contributed by atoms with E-state index in [1.807, 2.05) is 54.6 Å². The van der Waals surface area contributed by atoms with Crippen molar-refractivity contribution < 1.29 is 9.53 Å². The van der Waals surface area contributed by atoms with Crippen LogP contribution in [0.25, 0.3) is 11.1 Å². The number of hydrogen-bond acceptors (Lipinski definition) is 4. The van der Waals surface area contributed by atoms with Gasteiger partial charge in [0.1, 0.15) is 18.4 Å². The van der Waals surface area contributed by atoms with Crippen molar-refractivity contribution in [3.8, 4) is 16.9 Å². The second-order valence-corrected chi connectivity index (χ2v) is 8.06. The van der Waals surface area contributed by atoms with Gasteiger partial charge in [-0.05, 0) is 41.0 Å². The number of carbonyl (C=O) groups is 1. The van der Waals surface area contributed by atoms with Crippen molar-refractivity contribution in [3.63, 3.8) is 0 Å². The first kappa shape index (κ1) is 20.9. The molecule has 5 nitrogen and oxygen atoms in total. The Bertz CT molecular complexity index is 1230. The topological polar surface area (TPSA) is 54.5 Å². The lowest BCUT2D eigenvalue weighted by molar-refractivity contribution is -0.121. The van der Waals surface area contributed by atoms with Gasteiger partial charge in [0, 0.05) is 36.7 Å². The van der Waals surface area contributed by atoms with Crippen LogP contribution < -0.4 is 10.1 Å². The van der Waals surface area contributed by atoms with Crippen LogP contribution in [0.4, 0.5) is 5.69 Å². The van der Waals surface area contributed by atoms with E-state index in [4.69, 9.17) is 4.74 Å². The molecule has 1 aromatic heterocycles. The van der Waals surface area contributed by atoms with Crippen molar-refractivity contribution in [3.05, 3.63) is 115 Å². The maximum Gasteiger partial charge on any atom is 0.246 e. The van der Waals surface area contributed by atoms with Crippen LogP contribution in [0, 0.1) is 0 Å². The van der Waals surface area contributed by atoms with Gasteiger partial charge in [0.25, 0.3) is 0 Å². The molecule has 33 heavy (non-hydrogen) atoms. The van der Waals surface area contributed by atoms with Gasteiger partial charge in [-0.25, -0.2) is 0 Å². The minimum Gasteiger partial charge on any atom is -0.492 e. The first-order valence-corrected chi connectivity index (χ1v) is 11.1. The third-order valence-electron chi connectivity index (χ3n) is 5.82. The smallest absolute Gasteiger partial charge is 0.246 e. The van der Waals surface area contributed by atoms with Gasteiger partial charge in [-0.2, -0.15) is 0 Å². The van der Waals surface area contributed by atoms with Gasteiger partial charge in [0.2, 0.25) is 5.91 Å². The number of aromatic nitrogens is 1. The molecule has 0 radical (unpaired) electrons. The van der Waals surface area contributed by atoms with E-state index in [0.717, 1.165) is 22.4 Å². The van der Waals surface area contributed by atoms with Crippen LogP contribution in [0.5, 0.6) is 5.75 Å². The molecule has 1 amide bonds. The highest BCUT2D eigenvalue weighted by Gasteiger charge is 2.33. The number of para-hydroxylation sites is 1. The summed E-state index contributed by atoms with van der Waals surface area (Å²) >= 11 is 0. The summed E-state index contributed by atoms with van der Waals surface area (Å²) in [6.45, 7) is 1.74. The summed E-state index contributed by atoms with van der Waals surface area (Å²) in [6, 6.07) is 29.7. The number of benzene rings is 3. The van der Waals surface area contributed by atoms with Crippen LogP contribution in [0.2, 0.25) is 0 Å². The summed E-state index contributed by atoms with van der Waals surface area (Å²) in [5.74, 6) is 0.610. The fourth-order valence-electron chi connectivity index (χ4n) is 4.25. The van der Waals surface area contributed by atoms with E-state index in [2.05, 4.69) is 51.6 Å². The number of pyridine rings is 1. The van der Waals surface area contributed by atoms with E-state index >= 15 is 0 Å². The second-order valence-electron chi connectivity index (χ2n) is 8.06. The molecule has 1 aliphatic rings. The van der Waals surface area contributed by atoms with Crippen molar-refractivity contribution in [1.82, 2.24) is 9.88 Å². The Hall–Kier alpha value is -3.96. The van der Waals surface area contributed by atoms with Gasteiger partial charge in [-0.1, -0.05) is 66.7 Å². The van der Waals surface area contributed by atoms with Crippen LogP contribution >= 0.6 is 0 Å². The minimum atomic E-state index is -0.517. The Labute approximate surface area is 193 Å². The number of hydrogen-bond donors (Lipinski definition) is 1.